The SMILES string of the molecule is C[C@H](c1ccc(Cl)cc1)N1C(=O)c2cc(I)ccc2N(CCCCC(=O)O)C(=O)[C@@H]1I. The first-order valence-electron chi connectivity index (χ1n) is 9.75. The van der Waals surface area contributed by atoms with Gasteiger partial charge in [0.25, 0.3) is 11.8 Å². The molecule has 0 saturated carbocycles. The number of carbonyl (C=O) groups excluding carboxylic acids is 2. The zero-order valence-corrected chi connectivity index (χ0v) is 21.8. The van der Waals surface area contributed by atoms with Gasteiger partial charge in [-0.1, -0.05) is 23.7 Å². The topological polar surface area (TPSA) is 77.9 Å². The number of carboxylic acid groups (broad SMARTS) is 1. The Hall–Kier alpha value is -1.40. The number of carboxylic acids is 1. The van der Waals surface area contributed by atoms with Gasteiger partial charge in [-0.3, -0.25) is 14.4 Å². The van der Waals surface area contributed by atoms with Gasteiger partial charge in [-0.2, -0.15) is 0 Å². The molecule has 9 heteroatoms. The summed E-state index contributed by atoms with van der Waals surface area (Å²) in [5, 5.41) is 9.50. The van der Waals surface area contributed by atoms with Crippen LogP contribution in [-0.2, 0) is 9.59 Å². The maximum atomic E-state index is 13.6. The van der Waals surface area contributed by atoms with Crippen LogP contribution in [0.25, 0.3) is 0 Å². The van der Waals surface area contributed by atoms with E-state index in [2.05, 4.69) is 22.6 Å². The van der Waals surface area contributed by atoms with Gasteiger partial charge in [0.1, 0.15) is 0 Å². The van der Waals surface area contributed by atoms with Gasteiger partial charge in [-0.05, 0) is 101 Å². The molecule has 2 amide bonds. The molecule has 31 heavy (non-hydrogen) atoms. The van der Waals surface area contributed by atoms with E-state index in [0.29, 0.717) is 35.7 Å². The van der Waals surface area contributed by atoms with Crippen molar-refractivity contribution in [2.75, 3.05) is 11.4 Å². The van der Waals surface area contributed by atoms with E-state index in [-0.39, 0.29) is 24.3 Å². The Labute approximate surface area is 213 Å². The third-order valence-electron chi connectivity index (χ3n) is 5.22. The Bertz CT molecular complexity index is 1000. The first-order chi connectivity index (χ1) is 14.7. The van der Waals surface area contributed by atoms with Gasteiger partial charge in [-0.25, -0.2) is 0 Å². The number of anilines is 1. The fraction of sp³-hybridized carbons (Fsp3) is 0.318. The molecule has 0 unspecified atom stereocenters. The van der Waals surface area contributed by atoms with E-state index in [1.165, 1.54) is 0 Å². The minimum Gasteiger partial charge on any atom is -0.481 e. The van der Waals surface area contributed by atoms with Gasteiger partial charge >= 0.3 is 5.97 Å². The normalized spacial score (nSPS) is 17.4. The van der Waals surface area contributed by atoms with E-state index in [1.807, 2.05) is 47.7 Å². The summed E-state index contributed by atoms with van der Waals surface area (Å²) < 4.78 is 0.189. The van der Waals surface area contributed by atoms with E-state index in [9.17, 15) is 14.4 Å². The van der Waals surface area contributed by atoms with Crippen molar-refractivity contribution >= 4 is 80.3 Å². The third kappa shape index (κ3) is 5.51. The molecule has 0 fully saturated rings. The first kappa shape index (κ1) is 24.2. The Morgan fingerprint density at radius 2 is 1.84 bits per heavy atom. The van der Waals surface area contributed by atoms with Crippen molar-refractivity contribution in [1.29, 1.82) is 0 Å². The first-order valence-corrected chi connectivity index (χ1v) is 12.5. The quantitative estimate of drug-likeness (QED) is 0.183. The highest BCUT2D eigenvalue weighted by molar-refractivity contribution is 14.1. The summed E-state index contributed by atoms with van der Waals surface area (Å²) >= 11 is 10.2. The number of fused-ring (bicyclic) bond motifs is 1. The molecule has 0 spiro atoms. The predicted octanol–water partition coefficient (Wildman–Crippen LogP) is 5.51. The van der Waals surface area contributed by atoms with Crippen molar-refractivity contribution in [2.24, 2.45) is 0 Å². The van der Waals surface area contributed by atoms with Crippen LogP contribution < -0.4 is 4.90 Å². The maximum absolute atomic E-state index is 13.6. The van der Waals surface area contributed by atoms with Crippen LogP contribution in [0.5, 0.6) is 0 Å². The van der Waals surface area contributed by atoms with Gasteiger partial charge < -0.3 is 14.9 Å². The lowest BCUT2D eigenvalue weighted by Gasteiger charge is -2.32. The second-order valence-corrected chi connectivity index (χ2v) is 10.1. The Balaban J connectivity index is 1.98. The lowest BCUT2D eigenvalue weighted by Crippen LogP contribution is -2.46. The fourth-order valence-electron chi connectivity index (χ4n) is 3.57. The molecule has 2 atom stereocenters. The molecule has 3 rings (SSSR count). The minimum absolute atomic E-state index is 0.0495. The molecular weight excluding hydrogens is 646 g/mol. The van der Waals surface area contributed by atoms with E-state index < -0.39 is 10.0 Å². The highest BCUT2D eigenvalue weighted by Gasteiger charge is 2.40. The smallest absolute Gasteiger partial charge is 0.303 e. The molecule has 1 aliphatic heterocycles. The number of alkyl halides is 1. The molecule has 2 aromatic carbocycles. The van der Waals surface area contributed by atoms with Crippen LogP contribution in [-0.4, -0.2) is 38.4 Å². The van der Waals surface area contributed by atoms with Gasteiger partial charge in [0.2, 0.25) is 0 Å². The van der Waals surface area contributed by atoms with E-state index >= 15 is 0 Å². The van der Waals surface area contributed by atoms with Crippen molar-refractivity contribution in [2.45, 2.75) is 36.3 Å². The summed E-state index contributed by atoms with van der Waals surface area (Å²) in [6, 6.07) is 12.4. The second kappa shape index (κ2) is 10.5. The number of rotatable bonds is 7. The van der Waals surface area contributed by atoms with E-state index in [1.54, 1.807) is 34.1 Å². The van der Waals surface area contributed by atoms with Crippen LogP contribution in [0.2, 0.25) is 5.02 Å². The minimum atomic E-state index is -0.859. The zero-order chi connectivity index (χ0) is 22.7. The molecular formula is C22H21ClI2N2O4. The van der Waals surface area contributed by atoms with E-state index in [4.69, 9.17) is 16.7 Å². The van der Waals surface area contributed by atoms with Crippen molar-refractivity contribution < 1.29 is 19.5 Å². The predicted molar refractivity (Wildman–Crippen MR) is 137 cm³/mol. The number of nitrogens with zero attached hydrogens (tertiary/aromatic N) is 2. The average Bonchev–Trinajstić information content (AvgIpc) is 2.80. The number of hydrogen-bond acceptors (Lipinski definition) is 3. The maximum Gasteiger partial charge on any atom is 0.303 e. The number of amides is 2. The van der Waals surface area contributed by atoms with Gasteiger partial charge in [0.05, 0.1) is 17.3 Å². The highest BCUT2D eigenvalue weighted by atomic mass is 127. The molecule has 0 aromatic heterocycles. The summed E-state index contributed by atoms with van der Waals surface area (Å²) in [6.07, 6.45) is 1.05. The van der Waals surface area contributed by atoms with E-state index in [0.717, 1.165) is 9.13 Å². The second-order valence-electron chi connectivity index (χ2n) is 7.28. The number of carbonyl (C=O) groups is 3. The van der Waals surface area contributed by atoms with Crippen molar-refractivity contribution in [1.82, 2.24) is 4.90 Å². The Morgan fingerprint density at radius 1 is 1.16 bits per heavy atom. The third-order valence-corrected chi connectivity index (χ3v) is 7.28. The number of unbranched alkanes of at least 4 members (excludes halogenated alkanes) is 1. The van der Waals surface area contributed by atoms with Gasteiger partial charge in [-0.15, -0.1) is 0 Å². The molecule has 0 radical (unpaired) electrons. The van der Waals surface area contributed by atoms with Crippen LogP contribution in [0.15, 0.2) is 42.5 Å². The number of aliphatic carboxylic acids is 1. The Morgan fingerprint density at radius 3 is 2.48 bits per heavy atom. The number of benzene rings is 2. The molecule has 0 bridgehead atoms. The lowest BCUT2D eigenvalue weighted by molar-refractivity contribution is -0.137. The summed E-state index contributed by atoms with van der Waals surface area (Å²) in [7, 11) is 0. The summed E-state index contributed by atoms with van der Waals surface area (Å²) in [6.45, 7) is 2.26. The fourth-order valence-corrected chi connectivity index (χ4v) is 5.26. The monoisotopic (exact) mass is 666 g/mol. The molecule has 1 N–H and O–H groups in total. The highest BCUT2D eigenvalue weighted by Crippen LogP contribution is 2.36. The largest absolute Gasteiger partial charge is 0.481 e. The molecule has 0 saturated heterocycles. The average molecular weight is 667 g/mol. The number of halogens is 3. The molecule has 6 nitrogen and oxygen atoms in total. The van der Waals surface area contributed by atoms with Gasteiger partial charge in [0.15, 0.2) is 4.05 Å². The number of hydrogen-bond donors (Lipinski definition) is 1. The Kier molecular flexibility index (Phi) is 8.19. The van der Waals surface area contributed by atoms with Crippen LogP contribution in [0.3, 0.4) is 0 Å². The van der Waals surface area contributed by atoms with Crippen LogP contribution in [0.1, 0.15) is 48.1 Å². The molecule has 1 aliphatic rings. The molecule has 1 heterocycles. The standard InChI is InChI=1S/C22H21ClI2N2O4/c1-13(14-5-7-15(23)8-6-14)27-20(25)22(31)26(11-3-2-4-19(28)29)18-10-9-16(24)12-17(18)21(27)30/h5-10,12-13,20H,2-4,11H2,1H3,(H,28,29)/t13-,20-/m1/s1. The van der Waals surface area contributed by atoms with Crippen molar-refractivity contribution in [3.63, 3.8) is 0 Å². The summed E-state index contributed by atoms with van der Waals surface area (Å²) in [5.41, 5.74) is 1.92. The lowest BCUT2D eigenvalue weighted by atomic mass is 10.1. The molecule has 164 valence electrons. The molecule has 0 aliphatic carbocycles. The van der Waals surface area contributed by atoms with Gasteiger partial charge in [0, 0.05) is 21.6 Å². The summed E-state index contributed by atoms with van der Waals surface area (Å²) in [4.78, 5) is 41.1. The summed E-state index contributed by atoms with van der Waals surface area (Å²) in [5.74, 6) is -1.26. The zero-order valence-electron chi connectivity index (χ0n) is 16.7. The van der Waals surface area contributed by atoms with Crippen LogP contribution in [0.4, 0.5) is 5.69 Å². The molecule has 2 aromatic rings. The van der Waals surface area contributed by atoms with Crippen LogP contribution in [0, 0.1) is 3.57 Å². The van der Waals surface area contributed by atoms with Crippen LogP contribution >= 0.6 is 56.8 Å². The van der Waals surface area contributed by atoms with Crippen molar-refractivity contribution in [3.05, 3.63) is 62.2 Å². The van der Waals surface area contributed by atoms with Crippen molar-refractivity contribution in [3.8, 4) is 0 Å².